The maximum absolute atomic E-state index is 12.7. The fraction of sp³-hybridized carbons (Fsp3) is 0.130. The molecule has 3 aromatic carbocycles. The molecule has 3 rings (SSSR count). The Bertz CT molecular complexity index is 915. The third-order valence-corrected chi connectivity index (χ3v) is 4.03. The highest BCUT2D eigenvalue weighted by molar-refractivity contribution is 6.14. The SMILES string of the molecule is Cc1ccc(OCCOC(=O)c2ccccc2C(=O)c2ccccc2)cc1. The average molecular weight is 360 g/mol. The molecule has 0 aliphatic rings. The number of carbonyl (C=O) groups excluding carboxylic acids is 2. The lowest BCUT2D eigenvalue weighted by molar-refractivity contribution is 0.0448. The second-order valence-corrected chi connectivity index (χ2v) is 6.04. The molecule has 0 aromatic heterocycles. The van der Waals surface area contributed by atoms with E-state index in [-0.39, 0.29) is 24.6 Å². The summed E-state index contributed by atoms with van der Waals surface area (Å²) in [5, 5.41) is 0. The van der Waals surface area contributed by atoms with Gasteiger partial charge in [-0.3, -0.25) is 4.79 Å². The number of hydrogen-bond acceptors (Lipinski definition) is 4. The summed E-state index contributed by atoms with van der Waals surface area (Å²) in [5.74, 6) is -0.0299. The molecule has 27 heavy (non-hydrogen) atoms. The van der Waals surface area contributed by atoms with Crippen molar-refractivity contribution in [3.63, 3.8) is 0 Å². The van der Waals surface area contributed by atoms with Crippen LogP contribution in [0.2, 0.25) is 0 Å². The molecule has 0 aliphatic carbocycles. The maximum atomic E-state index is 12.7. The molecule has 3 aromatic rings. The summed E-state index contributed by atoms with van der Waals surface area (Å²) in [7, 11) is 0. The third kappa shape index (κ3) is 4.82. The van der Waals surface area contributed by atoms with Crippen molar-refractivity contribution in [1.82, 2.24) is 0 Å². The van der Waals surface area contributed by atoms with E-state index in [2.05, 4.69) is 0 Å². The van der Waals surface area contributed by atoms with Crippen LogP contribution in [0.25, 0.3) is 0 Å². The van der Waals surface area contributed by atoms with E-state index in [1.165, 1.54) is 0 Å². The summed E-state index contributed by atoms with van der Waals surface area (Å²) >= 11 is 0. The minimum atomic E-state index is -0.539. The van der Waals surface area contributed by atoms with E-state index in [1.807, 2.05) is 37.3 Å². The normalized spacial score (nSPS) is 10.3. The van der Waals surface area contributed by atoms with Crippen LogP contribution in [0.1, 0.15) is 31.8 Å². The van der Waals surface area contributed by atoms with Gasteiger partial charge in [-0.15, -0.1) is 0 Å². The first-order valence-corrected chi connectivity index (χ1v) is 8.70. The van der Waals surface area contributed by atoms with Gasteiger partial charge < -0.3 is 9.47 Å². The van der Waals surface area contributed by atoms with Crippen molar-refractivity contribution >= 4 is 11.8 Å². The molecule has 0 unspecified atom stereocenters. The van der Waals surface area contributed by atoms with Crippen LogP contribution in [0, 0.1) is 6.92 Å². The van der Waals surface area contributed by atoms with Gasteiger partial charge in [0.2, 0.25) is 0 Å². The third-order valence-electron chi connectivity index (χ3n) is 4.03. The average Bonchev–Trinajstić information content (AvgIpc) is 2.72. The van der Waals surface area contributed by atoms with Crippen LogP contribution >= 0.6 is 0 Å². The molecule has 0 radical (unpaired) electrons. The van der Waals surface area contributed by atoms with Gasteiger partial charge in [0.05, 0.1) is 5.56 Å². The van der Waals surface area contributed by atoms with Gasteiger partial charge in [0.15, 0.2) is 5.78 Å². The van der Waals surface area contributed by atoms with Crippen LogP contribution in [0.5, 0.6) is 5.75 Å². The van der Waals surface area contributed by atoms with Crippen LogP contribution in [0.15, 0.2) is 78.9 Å². The van der Waals surface area contributed by atoms with E-state index in [0.29, 0.717) is 11.1 Å². The standard InChI is InChI=1S/C23H20O4/c1-17-11-13-19(14-12-17)26-15-16-27-23(25)21-10-6-5-9-20(21)22(24)18-7-3-2-4-8-18/h2-14H,15-16H2,1H3. The molecule has 0 saturated carbocycles. The van der Waals surface area contributed by atoms with Gasteiger partial charge in [0, 0.05) is 11.1 Å². The first kappa shape index (κ1) is 18.4. The Morgan fingerprint density at radius 3 is 2.07 bits per heavy atom. The summed E-state index contributed by atoms with van der Waals surface area (Å²) in [6, 6.07) is 23.2. The quantitative estimate of drug-likeness (QED) is 0.355. The van der Waals surface area contributed by atoms with Gasteiger partial charge >= 0.3 is 5.97 Å². The highest BCUT2D eigenvalue weighted by atomic mass is 16.6. The summed E-state index contributed by atoms with van der Waals surface area (Å²) in [5.41, 5.74) is 2.25. The summed E-state index contributed by atoms with van der Waals surface area (Å²) in [6.45, 7) is 2.34. The Labute approximate surface area is 158 Å². The first-order valence-electron chi connectivity index (χ1n) is 8.70. The fourth-order valence-electron chi connectivity index (χ4n) is 2.61. The largest absolute Gasteiger partial charge is 0.490 e. The Morgan fingerprint density at radius 2 is 1.37 bits per heavy atom. The van der Waals surface area contributed by atoms with Crippen molar-refractivity contribution in [2.24, 2.45) is 0 Å². The molecule has 0 bridgehead atoms. The highest BCUT2D eigenvalue weighted by Gasteiger charge is 2.18. The second kappa shape index (κ2) is 8.81. The Balaban J connectivity index is 1.61. The molecule has 0 atom stereocenters. The van der Waals surface area contributed by atoms with Crippen molar-refractivity contribution in [3.05, 3.63) is 101 Å². The van der Waals surface area contributed by atoms with Gasteiger partial charge in [-0.2, -0.15) is 0 Å². The predicted octanol–water partition coefficient (Wildman–Crippen LogP) is 4.46. The van der Waals surface area contributed by atoms with Crippen molar-refractivity contribution < 1.29 is 19.1 Å². The molecular formula is C23H20O4. The lowest BCUT2D eigenvalue weighted by Gasteiger charge is -2.10. The van der Waals surface area contributed by atoms with E-state index < -0.39 is 5.97 Å². The van der Waals surface area contributed by atoms with Crippen LogP contribution < -0.4 is 4.74 Å². The highest BCUT2D eigenvalue weighted by Crippen LogP contribution is 2.16. The van der Waals surface area contributed by atoms with Crippen LogP contribution in [0.3, 0.4) is 0 Å². The minimum absolute atomic E-state index is 0.0978. The number of ketones is 1. The monoisotopic (exact) mass is 360 g/mol. The topological polar surface area (TPSA) is 52.6 Å². The molecule has 0 aliphatic heterocycles. The number of aryl methyl sites for hydroxylation is 1. The minimum Gasteiger partial charge on any atom is -0.490 e. The van der Waals surface area contributed by atoms with Crippen molar-refractivity contribution in [3.8, 4) is 5.75 Å². The van der Waals surface area contributed by atoms with Crippen molar-refractivity contribution in [1.29, 1.82) is 0 Å². The molecule has 0 heterocycles. The molecule has 0 N–H and O–H groups in total. The number of rotatable bonds is 7. The Hall–Kier alpha value is -3.40. The zero-order valence-electron chi connectivity index (χ0n) is 15.1. The van der Waals surface area contributed by atoms with E-state index in [0.717, 1.165) is 11.3 Å². The van der Waals surface area contributed by atoms with Crippen LogP contribution in [-0.2, 0) is 4.74 Å². The summed E-state index contributed by atoms with van der Waals surface area (Å²) in [4.78, 5) is 25.1. The number of ether oxygens (including phenoxy) is 2. The van der Waals surface area contributed by atoms with Crippen LogP contribution in [0.4, 0.5) is 0 Å². The van der Waals surface area contributed by atoms with Crippen LogP contribution in [-0.4, -0.2) is 25.0 Å². The zero-order valence-corrected chi connectivity index (χ0v) is 15.1. The van der Waals surface area contributed by atoms with Gasteiger partial charge in [0.1, 0.15) is 19.0 Å². The summed E-state index contributed by atoms with van der Waals surface area (Å²) < 4.78 is 10.8. The van der Waals surface area contributed by atoms with Gasteiger partial charge in [-0.25, -0.2) is 4.79 Å². The van der Waals surface area contributed by atoms with Gasteiger partial charge in [-0.1, -0.05) is 66.2 Å². The molecule has 0 spiro atoms. The zero-order chi connectivity index (χ0) is 19.1. The van der Waals surface area contributed by atoms with Gasteiger partial charge in [0.25, 0.3) is 0 Å². The number of hydrogen-bond donors (Lipinski definition) is 0. The first-order chi connectivity index (χ1) is 13.1. The smallest absolute Gasteiger partial charge is 0.339 e. The molecule has 0 amide bonds. The Kier molecular flexibility index (Phi) is 6.00. The van der Waals surface area contributed by atoms with Gasteiger partial charge in [-0.05, 0) is 25.1 Å². The maximum Gasteiger partial charge on any atom is 0.339 e. The molecular weight excluding hydrogens is 340 g/mol. The molecule has 0 saturated heterocycles. The second-order valence-electron chi connectivity index (χ2n) is 6.04. The number of benzene rings is 3. The van der Waals surface area contributed by atoms with E-state index in [4.69, 9.17) is 9.47 Å². The summed E-state index contributed by atoms with van der Waals surface area (Å²) in [6.07, 6.45) is 0. The lowest BCUT2D eigenvalue weighted by Crippen LogP contribution is -2.16. The Morgan fingerprint density at radius 1 is 0.741 bits per heavy atom. The van der Waals surface area contributed by atoms with E-state index >= 15 is 0 Å². The molecule has 0 fully saturated rings. The molecule has 4 nitrogen and oxygen atoms in total. The lowest BCUT2D eigenvalue weighted by atomic mass is 9.98. The predicted molar refractivity (Wildman–Crippen MR) is 103 cm³/mol. The number of esters is 1. The number of carbonyl (C=O) groups is 2. The van der Waals surface area contributed by atoms with E-state index in [1.54, 1.807) is 48.5 Å². The fourth-order valence-corrected chi connectivity index (χ4v) is 2.61. The van der Waals surface area contributed by atoms with E-state index in [9.17, 15) is 9.59 Å². The molecule has 136 valence electrons. The molecule has 4 heteroatoms. The van der Waals surface area contributed by atoms with Crippen molar-refractivity contribution in [2.45, 2.75) is 6.92 Å². The van der Waals surface area contributed by atoms with Crippen molar-refractivity contribution in [2.75, 3.05) is 13.2 Å².